The van der Waals surface area contributed by atoms with Crippen molar-refractivity contribution in [3.8, 4) is 11.8 Å². The van der Waals surface area contributed by atoms with Crippen LogP contribution >= 0.6 is 0 Å². The number of phenols is 1. The van der Waals surface area contributed by atoms with Gasteiger partial charge in [-0.3, -0.25) is 4.98 Å². The Kier molecular flexibility index (Phi) is 5.04. The molecule has 0 spiro atoms. The van der Waals surface area contributed by atoms with Gasteiger partial charge in [0.05, 0.1) is 11.6 Å². The molecule has 0 atom stereocenters. The number of hydrogen-bond acceptors (Lipinski definition) is 3. The molecule has 2 aromatic rings. The first-order chi connectivity index (χ1) is 11.5. The molecule has 1 heterocycles. The van der Waals surface area contributed by atoms with Crippen LogP contribution in [0.1, 0.15) is 63.8 Å². The maximum Gasteiger partial charge on any atom is 0.123 e. The van der Waals surface area contributed by atoms with Crippen LogP contribution in [-0.4, -0.2) is 10.1 Å². The molecule has 3 heteroatoms. The first-order valence-electron chi connectivity index (χ1n) is 8.44. The monoisotopic (exact) mass is 334 g/mol. The molecule has 0 saturated carbocycles. The van der Waals surface area contributed by atoms with E-state index in [1.807, 2.05) is 30.3 Å². The fraction of sp³-hybridized carbons (Fsp3) is 0.364. The summed E-state index contributed by atoms with van der Waals surface area (Å²) in [6, 6.07) is 9.87. The summed E-state index contributed by atoms with van der Waals surface area (Å²) in [5.74, 6) is 0.347. The minimum absolute atomic E-state index is 0.197. The highest BCUT2D eigenvalue weighted by Gasteiger charge is 2.26. The molecule has 0 aliphatic carbocycles. The smallest absolute Gasteiger partial charge is 0.123 e. The van der Waals surface area contributed by atoms with Gasteiger partial charge in [-0.2, -0.15) is 5.26 Å². The molecule has 1 aromatic carbocycles. The number of allylic oxidation sites excluding steroid dienone is 1. The number of phenolic OH excluding ortho intramolecular Hbond substituents is 1. The van der Waals surface area contributed by atoms with E-state index in [2.05, 4.69) is 52.6 Å². The van der Waals surface area contributed by atoms with Crippen molar-refractivity contribution in [3.63, 3.8) is 0 Å². The molecule has 0 amide bonds. The maximum absolute atomic E-state index is 10.8. The Labute approximate surface area is 150 Å². The summed E-state index contributed by atoms with van der Waals surface area (Å²) in [5.41, 5.74) is 3.71. The number of benzene rings is 1. The van der Waals surface area contributed by atoms with Crippen LogP contribution in [0.4, 0.5) is 0 Å². The van der Waals surface area contributed by atoms with Crippen molar-refractivity contribution >= 4 is 11.6 Å². The fourth-order valence-electron chi connectivity index (χ4n) is 2.76. The van der Waals surface area contributed by atoms with E-state index in [-0.39, 0.29) is 10.8 Å². The molecule has 0 radical (unpaired) electrons. The molecule has 0 aliphatic rings. The van der Waals surface area contributed by atoms with Gasteiger partial charge in [0.1, 0.15) is 5.75 Å². The van der Waals surface area contributed by atoms with Gasteiger partial charge in [-0.25, -0.2) is 0 Å². The van der Waals surface area contributed by atoms with Crippen molar-refractivity contribution in [3.05, 3.63) is 58.9 Å². The normalized spacial score (nSPS) is 12.8. The Morgan fingerprint density at radius 2 is 1.48 bits per heavy atom. The second-order valence-corrected chi connectivity index (χ2v) is 8.37. The predicted molar refractivity (Wildman–Crippen MR) is 103 cm³/mol. The van der Waals surface area contributed by atoms with E-state index in [1.165, 1.54) is 0 Å². The van der Waals surface area contributed by atoms with Crippen LogP contribution in [0, 0.1) is 11.3 Å². The molecular formula is C22H26N2O. The van der Waals surface area contributed by atoms with Crippen LogP contribution in [0.25, 0.3) is 11.6 Å². The standard InChI is InChI=1S/C22H26N2O/c1-21(2,3)18-12-15(13-19(20(18)25)22(4,5)6)11-17(14-23)16-7-9-24-10-8-16/h7-13,25H,1-6H3/b17-11+. The highest BCUT2D eigenvalue weighted by Crippen LogP contribution is 2.40. The molecule has 0 aliphatic heterocycles. The van der Waals surface area contributed by atoms with Gasteiger partial charge in [-0.05, 0) is 52.3 Å². The lowest BCUT2D eigenvalue weighted by Crippen LogP contribution is -2.17. The number of hydrogen-bond donors (Lipinski definition) is 1. The number of nitriles is 1. The van der Waals surface area contributed by atoms with Gasteiger partial charge in [0.2, 0.25) is 0 Å². The van der Waals surface area contributed by atoms with E-state index < -0.39 is 0 Å². The number of nitrogens with zero attached hydrogens (tertiary/aromatic N) is 2. The number of aromatic nitrogens is 1. The third-order valence-corrected chi connectivity index (χ3v) is 4.17. The number of pyridine rings is 1. The van der Waals surface area contributed by atoms with Gasteiger partial charge in [-0.15, -0.1) is 0 Å². The third-order valence-electron chi connectivity index (χ3n) is 4.17. The molecular weight excluding hydrogens is 308 g/mol. The van der Waals surface area contributed by atoms with Gasteiger partial charge in [0.25, 0.3) is 0 Å². The highest BCUT2D eigenvalue weighted by atomic mass is 16.3. The summed E-state index contributed by atoms with van der Waals surface area (Å²) < 4.78 is 0. The minimum atomic E-state index is -0.197. The largest absolute Gasteiger partial charge is 0.507 e. The lowest BCUT2D eigenvalue weighted by molar-refractivity contribution is 0.423. The average molecular weight is 334 g/mol. The summed E-state index contributed by atoms with van der Waals surface area (Å²) in [6.45, 7) is 12.5. The molecule has 1 N–H and O–H groups in total. The van der Waals surface area contributed by atoms with E-state index in [0.29, 0.717) is 11.3 Å². The van der Waals surface area contributed by atoms with E-state index in [1.54, 1.807) is 12.4 Å². The Bertz CT molecular complexity index is 794. The van der Waals surface area contributed by atoms with Crippen LogP contribution in [0.3, 0.4) is 0 Å². The lowest BCUT2D eigenvalue weighted by Gasteiger charge is -2.28. The van der Waals surface area contributed by atoms with Crippen LogP contribution in [0.15, 0.2) is 36.7 Å². The fourth-order valence-corrected chi connectivity index (χ4v) is 2.76. The highest BCUT2D eigenvalue weighted by molar-refractivity contribution is 5.89. The molecule has 25 heavy (non-hydrogen) atoms. The molecule has 0 bridgehead atoms. The van der Waals surface area contributed by atoms with E-state index in [9.17, 15) is 10.4 Å². The van der Waals surface area contributed by atoms with Gasteiger partial charge >= 0.3 is 0 Å². The third kappa shape index (κ3) is 4.28. The Morgan fingerprint density at radius 1 is 1.00 bits per heavy atom. The minimum Gasteiger partial charge on any atom is -0.507 e. The van der Waals surface area contributed by atoms with Gasteiger partial charge in [0, 0.05) is 23.5 Å². The SMILES string of the molecule is CC(C)(C)c1cc(/C=C(\C#N)c2ccncc2)cc(C(C)(C)C)c1O. The summed E-state index contributed by atoms with van der Waals surface area (Å²) in [7, 11) is 0. The zero-order valence-electron chi connectivity index (χ0n) is 15.9. The molecule has 3 nitrogen and oxygen atoms in total. The zero-order valence-corrected chi connectivity index (χ0v) is 15.9. The molecule has 0 saturated heterocycles. The number of rotatable bonds is 2. The Balaban J connectivity index is 2.70. The van der Waals surface area contributed by atoms with Crippen LogP contribution in [0.2, 0.25) is 0 Å². The summed E-state index contributed by atoms with van der Waals surface area (Å²) in [5, 5.41) is 20.4. The van der Waals surface area contributed by atoms with Crippen molar-refractivity contribution in [2.75, 3.05) is 0 Å². The van der Waals surface area contributed by atoms with Gasteiger partial charge in [0.15, 0.2) is 0 Å². The zero-order chi connectivity index (χ0) is 18.8. The second-order valence-electron chi connectivity index (χ2n) is 8.37. The average Bonchev–Trinajstić information content (AvgIpc) is 2.52. The molecule has 130 valence electrons. The van der Waals surface area contributed by atoms with Crippen LogP contribution in [0.5, 0.6) is 5.75 Å². The van der Waals surface area contributed by atoms with Crippen molar-refractivity contribution in [2.45, 2.75) is 52.4 Å². The predicted octanol–water partition coefficient (Wildman–Crippen LogP) is 5.45. The van der Waals surface area contributed by atoms with E-state index in [0.717, 1.165) is 22.3 Å². The first-order valence-corrected chi connectivity index (χ1v) is 8.44. The summed E-state index contributed by atoms with van der Waals surface area (Å²) in [4.78, 5) is 4.00. The van der Waals surface area contributed by atoms with E-state index in [4.69, 9.17) is 0 Å². The van der Waals surface area contributed by atoms with E-state index >= 15 is 0 Å². The van der Waals surface area contributed by atoms with Gasteiger partial charge < -0.3 is 5.11 Å². The molecule has 1 aromatic heterocycles. The maximum atomic E-state index is 10.8. The van der Waals surface area contributed by atoms with Crippen LogP contribution in [-0.2, 0) is 10.8 Å². The van der Waals surface area contributed by atoms with Crippen molar-refractivity contribution in [1.82, 2.24) is 4.98 Å². The Hall–Kier alpha value is -2.60. The molecule has 0 fully saturated rings. The summed E-state index contributed by atoms with van der Waals surface area (Å²) >= 11 is 0. The van der Waals surface area contributed by atoms with Crippen molar-refractivity contribution in [1.29, 1.82) is 5.26 Å². The molecule has 0 unspecified atom stereocenters. The van der Waals surface area contributed by atoms with Crippen LogP contribution < -0.4 is 0 Å². The first kappa shape index (κ1) is 18.7. The quantitative estimate of drug-likeness (QED) is 0.743. The van der Waals surface area contributed by atoms with Gasteiger partial charge in [-0.1, -0.05) is 41.5 Å². The molecule has 2 rings (SSSR count). The topological polar surface area (TPSA) is 56.9 Å². The van der Waals surface area contributed by atoms with Crippen molar-refractivity contribution in [2.24, 2.45) is 0 Å². The summed E-state index contributed by atoms with van der Waals surface area (Å²) in [6.07, 6.45) is 5.23. The number of aromatic hydroxyl groups is 1. The second kappa shape index (κ2) is 6.72. The van der Waals surface area contributed by atoms with Crippen molar-refractivity contribution < 1.29 is 5.11 Å². The Morgan fingerprint density at radius 3 is 1.88 bits per heavy atom. The lowest BCUT2D eigenvalue weighted by atomic mass is 9.78.